The van der Waals surface area contributed by atoms with Crippen LogP contribution in [0.3, 0.4) is 0 Å². The molecule has 0 saturated carbocycles. The summed E-state index contributed by atoms with van der Waals surface area (Å²) in [6, 6.07) is 20.1. The van der Waals surface area contributed by atoms with Gasteiger partial charge >= 0.3 is 0 Å². The highest BCUT2D eigenvalue weighted by Gasteiger charge is 2.34. The summed E-state index contributed by atoms with van der Waals surface area (Å²) in [5, 5.41) is 13.4. The maximum absolute atomic E-state index is 13.9. The zero-order valence-electron chi connectivity index (χ0n) is 22.1. The zero-order valence-corrected chi connectivity index (χ0v) is 22.9. The summed E-state index contributed by atoms with van der Waals surface area (Å²) < 4.78 is 34.4. The van der Waals surface area contributed by atoms with Crippen LogP contribution in [0, 0.1) is 0 Å². The van der Waals surface area contributed by atoms with Gasteiger partial charge in [0.2, 0.25) is 15.7 Å². The molecule has 206 valence electrons. The van der Waals surface area contributed by atoms with Gasteiger partial charge in [-0.15, -0.1) is 0 Å². The number of aromatic nitrogens is 2. The van der Waals surface area contributed by atoms with E-state index in [1.807, 2.05) is 24.3 Å². The van der Waals surface area contributed by atoms with Crippen molar-refractivity contribution in [1.82, 2.24) is 14.9 Å². The summed E-state index contributed by atoms with van der Waals surface area (Å²) >= 11 is 0. The Hall–Kier alpha value is -4.28. The quantitative estimate of drug-likeness (QED) is 0.335. The van der Waals surface area contributed by atoms with E-state index in [1.54, 1.807) is 43.3 Å². The number of carbonyl (C=O) groups excluding carboxylic acids is 1. The Morgan fingerprint density at radius 3 is 2.50 bits per heavy atom. The lowest BCUT2D eigenvalue weighted by molar-refractivity contribution is 0.0963. The molecule has 0 spiro atoms. The van der Waals surface area contributed by atoms with Crippen molar-refractivity contribution in [2.45, 2.75) is 42.2 Å². The minimum atomic E-state index is -4.46. The highest BCUT2D eigenvalue weighted by Crippen LogP contribution is 2.36. The van der Waals surface area contributed by atoms with Crippen LogP contribution >= 0.6 is 0 Å². The van der Waals surface area contributed by atoms with E-state index in [-0.39, 0.29) is 23.2 Å². The van der Waals surface area contributed by atoms with E-state index in [2.05, 4.69) is 10.3 Å². The number of nitrogens with zero attached hydrogens (tertiary/aromatic N) is 2. The van der Waals surface area contributed by atoms with Crippen LogP contribution in [0.25, 0.3) is 11.1 Å². The zero-order chi connectivity index (χ0) is 28.4. The number of aryl methyl sites for hydroxylation is 1. The van der Waals surface area contributed by atoms with E-state index < -0.39 is 32.2 Å². The number of hydrogen-bond donors (Lipinski definition) is 2. The van der Waals surface area contributed by atoms with E-state index in [1.165, 1.54) is 23.7 Å². The van der Waals surface area contributed by atoms with Gasteiger partial charge < -0.3 is 15.2 Å². The van der Waals surface area contributed by atoms with Gasteiger partial charge in [-0.25, -0.2) is 8.42 Å². The predicted molar refractivity (Wildman–Crippen MR) is 149 cm³/mol. The van der Waals surface area contributed by atoms with E-state index in [4.69, 9.17) is 4.74 Å². The van der Waals surface area contributed by atoms with Crippen molar-refractivity contribution in [3.8, 4) is 17.0 Å². The van der Waals surface area contributed by atoms with Gasteiger partial charge in [0.05, 0.1) is 10.9 Å². The second-order valence-electron chi connectivity index (χ2n) is 9.40. The maximum atomic E-state index is 13.9. The van der Waals surface area contributed by atoms with E-state index in [0.29, 0.717) is 29.7 Å². The maximum Gasteiger partial charge on any atom is 0.277 e. The van der Waals surface area contributed by atoms with Crippen LogP contribution in [0.5, 0.6) is 5.88 Å². The van der Waals surface area contributed by atoms with Gasteiger partial charge in [-0.2, -0.15) is 4.98 Å². The van der Waals surface area contributed by atoms with Crippen LogP contribution in [0.4, 0.5) is 0 Å². The van der Waals surface area contributed by atoms with Crippen molar-refractivity contribution < 1.29 is 23.1 Å². The van der Waals surface area contributed by atoms with E-state index in [0.717, 1.165) is 17.5 Å². The molecule has 0 unspecified atom stereocenters. The lowest BCUT2D eigenvalue weighted by atomic mass is 9.99. The monoisotopic (exact) mass is 559 g/mol. The van der Waals surface area contributed by atoms with Crippen LogP contribution in [0.15, 0.2) is 87.4 Å². The smallest absolute Gasteiger partial charge is 0.277 e. The lowest BCUT2D eigenvalue weighted by Gasteiger charge is -2.21. The Bertz CT molecular complexity index is 1750. The highest BCUT2D eigenvalue weighted by atomic mass is 32.2. The average molecular weight is 560 g/mol. The van der Waals surface area contributed by atoms with Gasteiger partial charge in [0.15, 0.2) is 4.90 Å². The van der Waals surface area contributed by atoms with Crippen LogP contribution < -0.4 is 10.9 Å². The van der Waals surface area contributed by atoms with Crippen LogP contribution in [0.1, 0.15) is 46.7 Å². The number of amides is 1. The summed E-state index contributed by atoms with van der Waals surface area (Å²) in [6.07, 6.45) is 1.31. The van der Waals surface area contributed by atoms with Crippen molar-refractivity contribution in [3.05, 3.63) is 106 Å². The van der Waals surface area contributed by atoms with E-state index >= 15 is 0 Å². The first-order chi connectivity index (χ1) is 19.3. The van der Waals surface area contributed by atoms with Crippen LogP contribution in [-0.4, -0.2) is 42.6 Å². The summed E-state index contributed by atoms with van der Waals surface area (Å²) in [6.45, 7) is 2.09. The molecule has 1 aromatic heterocycles. The Labute approximate surface area is 232 Å². The molecule has 0 fully saturated rings. The number of aromatic hydroxyl groups is 1. The molecule has 1 amide bonds. The van der Waals surface area contributed by atoms with E-state index in [9.17, 15) is 23.1 Å². The van der Waals surface area contributed by atoms with Crippen molar-refractivity contribution >= 4 is 15.7 Å². The number of nitrogens with one attached hydrogen (secondary N) is 1. The van der Waals surface area contributed by atoms with Gasteiger partial charge in [-0.05, 0) is 60.2 Å². The number of ether oxygens (including phenoxy) is 1. The lowest BCUT2D eigenvalue weighted by Crippen LogP contribution is -2.33. The molecule has 10 heteroatoms. The molecule has 2 N–H and O–H groups in total. The standard InChI is InChI=1S/C30H29N3O6S/c1-3-39-18-26-32-29(35)27(30(36)33(26)25-17-14-19-8-4-5-10-23(19)25)40(37,38)21-15-12-20(13-16-21)22-9-6-7-11-24(22)28(34)31-2/h4-13,15-16,25,35H,3,14,17-18H2,1-2H3,(H,31,34)/t25-/m0/s1. The first-order valence-electron chi connectivity index (χ1n) is 12.9. The normalized spacial score (nSPS) is 14.6. The highest BCUT2D eigenvalue weighted by molar-refractivity contribution is 7.91. The molecule has 1 aliphatic carbocycles. The summed E-state index contributed by atoms with van der Waals surface area (Å²) in [5.74, 6) is -0.980. The van der Waals surface area contributed by atoms with Gasteiger partial charge in [-0.1, -0.05) is 54.6 Å². The fourth-order valence-electron chi connectivity index (χ4n) is 5.20. The molecular formula is C30H29N3O6S. The third-order valence-corrected chi connectivity index (χ3v) is 8.91. The summed E-state index contributed by atoms with van der Waals surface area (Å²) in [4.78, 5) is 29.4. The topological polar surface area (TPSA) is 128 Å². The van der Waals surface area contributed by atoms with Crippen molar-refractivity contribution in [2.24, 2.45) is 0 Å². The van der Waals surface area contributed by atoms with Gasteiger partial charge in [0, 0.05) is 19.2 Å². The third-order valence-electron chi connectivity index (χ3n) is 7.12. The molecule has 0 saturated heterocycles. The minimum Gasteiger partial charge on any atom is -0.492 e. The summed E-state index contributed by atoms with van der Waals surface area (Å²) in [7, 11) is -2.93. The van der Waals surface area contributed by atoms with Gasteiger partial charge in [0.1, 0.15) is 12.4 Å². The SMILES string of the molecule is CCOCc1nc(O)c(S(=O)(=O)c2ccc(-c3ccccc3C(=O)NC)cc2)c(=O)n1[C@H]1CCc2ccccc21. The molecule has 1 aliphatic rings. The Balaban J connectivity index is 1.61. The number of fused-ring (bicyclic) bond motifs is 1. The number of benzene rings is 3. The molecule has 0 radical (unpaired) electrons. The second kappa shape index (κ2) is 11.1. The Kier molecular flexibility index (Phi) is 7.55. The number of sulfone groups is 1. The predicted octanol–water partition coefficient (Wildman–Crippen LogP) is 3.88. The molecule has 5 rings (SSSR count). The summed E-state index contributed by atoms with van der Waals surface area (Å²) in [5.41, 5.74) is 2.82. The van der Waals surface area contributed by atoms with Gasteiger partial charge in [0.25, 0.3) is 11.5 Å². The first-order valence-corrected chi connectivity index (χ1v) is 14.4. The van der Waals surface area contributed by atoms with Crippen LogP contribution in [-0.2, 0) is 27.6 Å². The molecule has 3 aromatic carbocycles. The fraction of sp³-hybridized carbons (Fsp3) is 0.233. The molecule has 4 aromatic rings. The van der Waals surface area contributed by atoms with Crippen molar-refractivity contribution in [1.29, 1.82) is 0 Å². The van der Waals surface area contributed by atoms with Crippen molar-refractivity contribution in [3.63, 3.8) is 0 Å². The molecule has 40 heavy (non-hydrogen) atoms. The molecule has 9 nitrogen and oxygen atoms in total. The Morgan fingerprint density at radius 2 is 1.77 bits per heavy atom. The first kappa shape index (κ1) is 27.3. The fourth-order valence-corrected chi connectivity index (χ4v) is 6.55. The molecule has 0 aliphatic heterocycles. The largest absolute Gasteiger partial charge is 0.492 e. The third kappa shape index (κ3) is 4.80. The Morgan fingerprint density at radius 1 is 1.07 bits per heavy atom. The molecule has 1 atom stereocenters. The average Bonchev–Trinajstić information content (AvgIpc) is 3.39. The second-order valence-corrected chi connectivity index (χ2v) is 11.3. The number of rotatable bonds is 8. The molecule has 0 bridgehead atoms. The minimum absolute atomic E-state index is 0.0578. The van der Waals surface area contributed by atoms with Gasteiger partial charge in [-0.3, -0.25) is 14.2 Å². The number of carbonyl (C=O) groups is 1. The molecule has 1 heterocycles. The van der Waals surface area contributed by atoms with Crippen LogP contribution in [0.2, 0.25) is 0 Å². The van der Waals surface area contributed by atoms with Crippen molar-refractivity contribution in [2.75, 3.05) is 13.7 Å². The number of hydrogen-bond acceptors (Lipinski definition) is 7. The molecular weight excluding hydrogens is 530 g/mol.